The quantitative estimate of drug-likeness (QED) is 0.859. The first kappa shape index (κ1) is 14.2. The first-order valence-corrected chi connectivity index (χ1v) is 7.23. The van der Waals surface area contributed by atoms with Crippen LogP contribution in [-0.2, 0) is 4.79 Å². The summed E-state index contributed by atoms with van der Waals surface area (Å²) in [5.74, 6) is 0.666. The van der Waals surface area contributed by atoms with Gasteiger partial charge in [-0.3, -0.25) is 4.79 Å². The van der Waals surface area contributed by atoms with Crippen LogP contribution in [0, 0.1) is 0 Å². The second kappa shape index (κ2) is 6.80. The summed E-state index contributed by atoms with van der Waals surface area (Å²) in [7, 11) is 1.61. The normalized spacial score (nSPS) is 17.8. The molecule has 4 heteroatoms. The number of nitrogens with one attached hydrogen (secondary N) is 1. The van der Waals surface area contributed by atoms with Crippen molar-refractivity contribution < 1.29 is 9.53 Å². The smallest absolute Gasteiger partial charge is 0.242 e. The van der Waals surface area contributed by atoms with Gasteiger partial charge in [0, 0.05) is 6.04 Å². The predicted molar refractivity (Wildman–Crippen MR) is 76.6 cm³/mol. The lowest BCUT2D eigenvalue weighted by atomic mass is 9.95. The molecule has 0 heterocycles. The van der Waals surface area contributed by atoms with Gasteiger partial charge >= 0.3 is 0 Å². The van der Waals surface area contributed by atoms with Crippen LogP contribution in [-0.4, -0.2) is 19.1 Å². The Kier molecular flexibility index (Phi) is 5.08. The third-order valence-electron chi connectivity index (χ3n) is 3.59. The fraction of sp³-hybridized carbons (Fsp3) is 0.533. The van der Waals surface area contributed by atoms with Crippen molar-refractivity contribution in [2.45, 2.75) is 43.5 Å². The molecular weight excluding hydrogens is 262 g/mol. The fourth-order valence-corrected chi connectivity index (χ4v) is 2.65. The molecule has 0 bridgehead atoms. The maximum absolute atomic E-state index is 12.1. The molecule has 1 unspecified atom stereocenters. The molecular formula is C15H20ClNO2. The van der Waals surface area contributed by atoms with E-state index >= 15 is 0 Å². The number of methoxy groups -OCH3 is 1. The van der Waals surface area contributed by atoms with E-state index in [9.17, 15) is 4.79 Å². The van der Waals surface area contributed by atoms with Crippen LogP contribution >= 0.6 is 11.6 Å². The van der Waals surface area contributed by atoms with E-state index in [2.05, 4.69) is 5.32 Å². The van der Waals surface area contributed by atoms with Gasteiger partial charge in [-0.05, 0) is 30.5 Å². The molecule has 1 amide bonds. The molecule has 1 saturated carbocycles. The highest BCUT2D eigenvalue weighted by molar-refractivity contribution is 6.30. The molecule has 1 N–H and O–H groups in total. The van der Waals surface area contributed by atoms with E-state index in [-0.39, 0.29) is 5.91 Å². The standard InChI is InChI=1S/C15H20ClNO2/c1-19-13-9-7-11(8-10-13)14(16)15(18)17-12-5-3-2-4-6-12/h7-10,12,14H,2-6H2,1H3,(H,17,18). The molecule has 1 atom stereocenters. The van der Waals surface area contributed by atoms with Crippen molar-refractivity contribution in [1.82, 2.24) is 5.32 Å². The molecule has 1 aliphatic rings. The molecule has 19 heavy (non-hydrogen) atoms. The molecule has 1 aromatic carbocycles. The van der Waals surface area contributed by atoms with E-state index in [4.69, 9.17) is 16.3 Å². The Balaban J connectivity index is 1.93. The molecule has 3 nitrogen and oxygen atoms in total. The number of halogens is 1. The number of carbonyl (C=O) groups excluding carboxylic acids is 1. The molecule has 1 aliphatic carbocycles. The van der Waals surface area contributed by atoms with Crippen molar-refractivity contribution in [1.29, 1.82) is 0 Å². The Morgan fingerprint density at radius 3 is 2.47 bits per heavy atom. The maximum Gasteiger partial charge on any atom is 0.242 e. The monoisotopic (exact) mass is 281 g/mol. The number of amides is 1. The van der Waals surface area contributed by atoms with Crippen LogP contribution in [0.2, 0.25) is 0 Å². The number of carbonyl (C=O) groups is 1. The topological polar surface area (TPSA) is 38.3 Å². The van der Waals surface area contributed by atoms with E-state index in [0.29, 0.717) is 6.04 Å². The highest BCUT2D eigenvalue weighted by atomic mass is 35.5. The second-order valence-electron chi connectivity index (χ2n) is 4.98. The Bertz CT molecular complexity index is 413. The summed E-state index contributed by atoms with van der Waals surface area (Å²) in [6.45, 7) is 0. The minimum atomic E-state index is -0.632. The lowest BCUT2D eigenvalue weighted by Gasteiger charge is -2.24. The molecule has 0 aromatic heterocycles. The third-order valence-corrected chi connectivity index (χ3v) is 4.04. The van der Waals surface area contributed by atoms with Crippen molar-refractivity contribution in [2.24, 2.45) is 0 Å². The molecule has 0 radical (unpaired) electrons. The first-order valence-electron chi connectivity index (χ1n) is 6.79. The first-order chi connectivity index (χ1) is 9.20. The number of hydrogen-bond acceptors (Lipinski definition) is 2. The van der Waals surface area contributed by atoms with Crippen LogP contribution in [0.3, 0.4) is 0 Å². The van der Waals surface area contributed by atoms with Crippen molar-refractivity contribution in [3.05, 3.63) is 29.8 Å². The summed E-state index contributed by atoms with van der Waals surface area (Å²) in [5, 5.41) is 2.41. The van der Waals surface area contributed by atoms with Gasteiger partial charge in [-0.25, -0.2) is 0 Å². The predicted octanol–water partition coefficient (Wildman–Crippen LogP) is 3.42. The Morgan fingerprint density at radius 1 is 1.26 bits per heavy atom. The summed E-state index contributed by atoms with van der Waals surface area (Å²) in [6.07, 6.45) is 5.80. The van der Waals surface area contributed by atoms with E-state index in [1.54, 1.807) is 7.11 Å². The zero-order valence-electron chi connectivity index (χ0n) is 11.2. The Hall–Kier alpha value is -1.22. The van der Waals surface area contributed by atoms with Crippen molar-refractivity contribution in [2.75, 3.05) is 7.11 Å². The van der Waals surface area contributed by atoms with Crippen molar-refractivity contribution >= 4 is 17.5 Å². The van der Waals surface area contributed by atoms with E-state index < -0.39 is 5.38 Å². The Labute approximate surface area is 119 Å². The summed E-state index contributed by atoms with van der Waals surface area (Å²) in [5.41, 5.74) is 0.802. The molecule has 104 valence electrons. The van der Waals surface area contributed by atoms with Crippen LogP contribution < -0.4 is 10.1 Å². The van der Waals surface area contributed by atoms with Crippen LogP contribution in [0.15, 0.2) is 24.3 Å². The van der Waals surface area contributed by atoms with Gasteiger partial charge in [0.25, 0.3) is 0 Å². The van der Waals surface area contributed by atoms with Gasteiger partial charge < -0.3 is 10.1 Å². The van der Waals surface area contributed by atoms with Gasteiger partial charge in [0.05, 0.1) is 7.11 Å². The summed E-state index contributed by atoms with van der Waals surface area (Å²) in [6, 6.07) is 7.59. The second-order valence-corrected chi connectivity index (χ2v) is 5.42. The van der Waals surface area contributed by atoms with Gasteiger partial charge in [0.1, 0.15) is 11.1 Å². The SMILES string of the molecule is COc1ccc(C(Cl)C(=O)NC2CCCCC2)cc1. The van der Waals surface area contributed by atoms with Crippen LogP contribution in [0.1, 0.15) is 43.0 Å². The highest BCUT2D eigenvalue weighted by Gasteiger charge is 2.22. The van der Waals surface area contributed by atoms with Gasteiger partial charge in [-0.15, -0.1) is 11.6 Å². The van der Waals surface area contributed by atoms with Gasteiger partial charge in [-0.1, -0.05) is 31.4 Å². The molecule has 0 saturated heterocycles. The van der Waals surface area contributed by atoms with Crippen molar-refractivity contribution in [3.8, 4) is 5.75 Å². The van der Waals surface area contributed by atoms with Gasteiger partial charge in [0.2, 0.25) is 5.91 Å². The van der Waals surface area contributed by atoms with Crippen LogP contribution in [0.25, 0.3) is 0 Å². The average Bonchev–Trinajstić information content (AvgIpc) is 2.47. The number of benzene rings is 1. The summed E-state index contributed by atoms with van der Waals surface area (Å²) >= 11 is 6.22. The summed E-state index contributed by atoms with van der Waals surface area (Å²) in [4.78, 5) is 12.1. The largest absolute Gasteiger partial charge is 0.497 e. The fourth-order valence-electron chi connectivity index (χ4n) is 2.45. The number of rotatable bonds is 4. The van der Waals surface area contributed by atoms with E-state index in [1.165, 1.54) is 19.3 Å². The van der Waals surface area contributed by atoms with Gasteiger partial charge in [0.15, 0.2) is 0 Å². The molecule has 1 aromatic rings. The zero-order valence-corrected chi connectivity index (χ0v) is 12.0. The number of hydrogen-bond donors (Lipinski definition) is 1. The van der Waals surface area contributed by atoms with Crippen molar-refractivity contribution in [3.63, 3.8) is 0 Å². The zero-order chi connectivity index (χ0) is 13.7. The van der Waals surface area contributed by atoms with Crippen LogP contribution in [0.5, 0.6) is 5.75 Å². The van der Waals surface area contributed by atoms with Crippen LogP contribution in [0.4, 0.5) is 0 Å². The van der Waals surface area contributed by atoms with E-state index in [1.807, 2.05) is 24.3 Å². The number of alkyl halides is 1. The minimum absolute atomic E-state index is 0.0984. The molecule has 1 fully saturated rings. The molecule has 2 rings (SSSR count). The lowest BCUT2D eigenvalue weighted by molar-refractivity contribution is -0.121. The van der Waals surface area contributed by atoms with Gasteiger partial charge in [-0.2, -0.15) is 0 Å². The third kappa shape index (κ3) is 3.87. The molecule has 0 spiro atoms. The van der Waals surface area contributed by atoms with E-state index in [0.717, 1.165) is 24.2 Å². The molecule has 0 aliphatic heterocycles. The lowest BCUT2D eigenvalue weighted by Crippen LogP contribution is -2.38. The average molecular weight is 282 g/mol. The highest BCUT2D eigenvalue weighted by Crippen LogP contribution is 2.24. The number of ether oxygens (including phenoxy) is 1. The summed E-state index contributed by atoms with van der Waals surface area (Å²) < 4.78 is 5.09. The minimum Gasteiger partial charge on any atom is -0.497 e. The Morgan fingerprint density at radius 2 is 1.89 bits per heavy atom. The maximum atomic E-state index is 12.1.